The maximum atomic E-state index is 11.9. The summed E-state index contributed by atoms with van der Waals surface area (Å²) in [4.78, 5) is 11.9. The number of aryl methyl sites for hydroxylation is 1. The molecule has 19 heavy (non-hydrogen) atoms. The van der Waals surface area contributed by atoms with Crippen LogP contribution < -0.4 is 5.32 Å². The number of hydrogen-bond acceptors (Lipinski definition) is 4. The van der Waals surface area contributed by atoms with Crippen LogP contribution >= 0.6 is 0 Å². The average Bonchev–Trinajstić information content (AvgIpc) is 2.91. The Bertz CT molecular complexity index is 583. The number of carbonyl (C=O) groups is 1. The zero-order valence-corrected chi connectivity index (χ0v) is 10.8. The molecule has 1 amide bonds. The summed E-state index contributed by atoms with van der Waals surface area (Å²) in [6.07, 6.45) is 6.06. The van der Waals surface area contributed by atoms with E-state index in [-0.39, 0.29) is 5.91 Å². The highest BCUT2D eigenvalue weighted by molar-refractivity contribution is 5.92. The van der Waals surface area contributed by atoms with Gasteiger partial charge < -0.3 is 5.32 Å². The van der Waals surface area contributed by atoms with Gasteiger partial charge in [-0.25, -0.2) is 0 Å². The Morgan fingerprint density at radius 3 is 3.05 bits per heavy atom. The van der Waals surface area contributed by atoms with E-state index in [1.165, 1.54) is 12.8 Å². The molecule has 0 atom stereocenters. The summed E-state index contributed by atoms with van der Waals surface area (Å²) in [7, 11) is 1.74. The Kier molecular flexibility index (Phi) is 3.02. The molecule has 1 saturated carbocycles. The maximum Gasteiger partial charge on any atom is 0.269 e. The topological polar surface area (TPSA) is 77.6 Å². The van der Waals surface area contributed by atoms with Crippen molar-refractivity contribution in [2.24, 2.45) is 13.0 Å². The molecule has 0 bridgehead atoms. The zero-order valence-electron chi connectivity index (χ0n) is 10.8. The van der Waals surface area contributed by atoms with Gasteiger partial charge in [-0.2, -0.15) is 5.10 Å². The van der Waals surface area contributed by atoms with E-state index >= 15 is 0 Å². The van der Waals surface area contributed by atoms with Crippen molar-refractivity contribution in [1.29, 1.82) is 0 Å². The fourth-order valence-corrected chi connectivity index (χ4v) is 1.93. The van der Waals surface area contributed by atoms with Crippen molar-refractivity contribution in [2.45, 2.75) is 25.9 Å². The predicted octanol–water partition coefficient (Wildman–Crippen LogP) is 0.352. The lowest BCUT2D eigenvalue weighted by Gasteiger charge is -2.02. The molecule has 1 aliphatic carbocycles. The second-order valence-corrected chi connectivity index (χ2v) is 4.90. The summed E-state index contributed by atoms with van der Waals surface area (Å²) >= 11 is 0. The summed E-state index contributed by atoms with van der Waals surface area (Å²) in [6.45, 7) is 1.32. The third-order valence-corrected chi connectivity index (χ3v) is 3.21. The Morgan fingerprint density at radius 1 is 1.53 bits per heavy atom. The molecule has 1 aliphatic rings. The number of amides is 1. The van der Waals surface area contributed by atoms with Gasteiger partial charge in [-0.3, -0.25) is 14.2 Å². The van der Waals surface area contributed by atoms with Crippen molar-refractivity contribution in [3.05, 3.63) is 29.8 Å². The van der Waals surface area contributed by atoms with Crippen molar-refractivity contribution in [3.63, 3.8) is 0 Å². The molecule has 3 rings (SSSR count). The van der Waals surface area contributed by atoms with E-state index in [0.29, 0.717) is 12.2 Å². The van der Waals surface area contributed by atoms with E-state index in [1.54, 1.807) is 24.0 Å². The van der Waals surface area contributed by atoms with Gasteiger partial charge in [0.2, 0.25) is 0 Å². The minimum atomic E-state index is -0.156. The SMILES string of the molecule is Cn1nccc1C(=O)NCc1cn(CC2CC2)nn1. The van der Waals surface area contributed by atoms with Gasteiger partial charge in [-0.15, -0.1) is 5.10 Å². The maximum absolute atomic E-state index is 11.9. The van der Waals surface area contributed by atoms with Gasteiger partial charge in [0.25, 0.3) is 5.91 Å². The molecular weight excluding hydrogens is 244 g/mol. The second-order valence-electron chi connectivity index (χ2n) is 4.90. The molecule has 2 heterocycles. The summed E-state index contributed by atoms with van der Waals surface area (Å²) in [5.74, 6) is 0.607. The number of nitrogens with zero attached hydrogens (tertiary/aromatic N) is 5. The second kappa shape index (κ2) is 4.83. The number of rotatable bonds is 5. The van der Waals surface area contributed by atoms with E-state index in [2.05, 4.69) is 20.7 Å². The number of aromatic nitrogens is 5. The van der Waals surface area contributed by atoms with Crippen LogP contribution in [0.2, 0.25) is 0 Å². The molecule has 0 saturated heterocycles. The fraction of sp³-hybridized carbons (Fsp3) is 0.500. The molecule has 0 unspecified atom stereocenters. The van der Waals surface area contributed by atoms with Gasteiger partial charge in [0.1, 0.15) is 11.4 Å². The zero-order chi connectivity index (χ0) is 13.2. The van der Waals surface area contributed by atoms with E-state index in [4.69, 9.17) is 0 Å². The third-order valence-electron chi connectivity index (χ3n) is 3.21. The van der Waals surface area contributed by atoms with Crippen LogP contribution in [0.1, 0.15) is 29.0 Å². The van der Waals surface area contributed by atoms with E-state index in [9.17, 15) is 4.79 Å². The molecule has 1 fully saturated rings. The first kappa shape index (κ1) is 11.9. The van der Waals surface area contributed by atoms with Crippen LogP contribution in [0.5, 0.6) is 0 Å². The highest BCUT2D eigenvalue weighted by Crippen LogP contribution is 2.30. The van der Waals surface area contributed by atoms with Crippen LogP contribution in [0.15, 0.2) is 18.5 Å². The van der Waals surface area contributed by atoms with Crippen molar-refractivity contribution < 1.29 is 4.79 Å². The highest BCUT2D eigenvalue weighted by Gasteiger charge is 2.22. The van der Waals surface area contributed by atoms with Crippen molar-refractivity contribution in [1.82, 2.24) is 30.1 Å². The first-order chi connectivity index (χ1) is 9.22. The summed E-state index contributed by atoms with van der Waals surface area (Å²) in [5, 5.41) is 14.9. The standard InChI is InChI=1S/C12H16N6O/c1-17-11(4-5-14-17)12(19)13-6-10-8-18(16-15-10)7-9-2-3-9/h4-5,8-9H,2-3,6-7H2,1H3,(H,13,19). The normalized spacial score (nSPS) is 14.6. The summed E-state index contributed by atoms with van der Waals surface area (Å²) in [6, 6.07) is 1.68. The highest BCUT2D eigenvalue weighted by atomic mass is 16.2. The van der Waals surface area contributed by atoms with Crippen molar-refractivity contribution in [2.75, 3.05) is 0 Å². The molecule has 0 aliphatic heterocycles. The molecule has 0 aromatic carbocycles. The van der Waals surface area contributed by atoms with Gasteiger partial charge in [0, 0.05) is 19.8 Å². The summed E-state index contributed by atoms with van der Waals surface area (Å²) in [5.41, 5.74) is 1.31. The molecule has 7 heteroatoms. The average molecular weight is 260 g/mol. The van der Waals surface area contributed by atoms with Gasteiger partial charge in [0.05, 0.1) is 12.7 Å². The molecule has 0 radical (unpaired) electrons. The minimum Gasteiger partial charge on any atom is -0.345 e. The first-order valence-corrected chi connectivity index (χ1v) is 6.37. The molecule has 1 N–H and O–H groups in total. The lowest BCUT2D eigenvalue weighted by molar-refractivity contribution is 0.0941. The minimum absolute atomic E-state index is 0.156. The largest absolute Gasteiger partial charge is 0.345 e. The van der Waals surface area contributed by atoms with Crippen LogP contribution in [-0.2, 0) is 20.1 Å². The quantitative estimate of drug-likeness (QED) is 0.841. The van der Waals surface area contributed by atoms with E-state index in [0.717, 1.165) is 18.2 Å². The Labute approximate surface area is 110 Å². The van der Waals surface area contributed by atoms with Crippen LogP contribution in [0.4, 0.5) is 0 Å². The third kappa shape index (κ3) is 2.81. The van der Waals surface area contributed by atoms with E-state index < -0.39 is 0 Å². The van der Waals surface area contributed by atoms with Gasteiger partial charge >= 0.3 is 0 Å². The molecular formula is C12H16N6O. The lowest BCUT2D eigenvalue weighted by Crippen LogP contribution is -2.25. The molecule has 100 valence electrons. The Hall–Kier alpha value is -2.18. The van der Waals surface area contributed by atoms with Crippen molar-refractivity contribution >= 4 is 5.91 Å². The Balaban J connectivity index is 1.55. The molecule has 2 aromatic heterocycles. The summed E-state index contributed by atoms with van der Waals surface area (Å²) < 4.78 is 3.39. The fourth-order valence-electron chi connectivity index (χ4n) is 1.93. The smallest absolute Gasteiger partial charge is 0.269 e. The van der Waals surface area contributed by atoms with Gasteiger partial charge in [0.15, 0.2) is 0 Å². The molecule has 7 nitrogen and oxygen atoms in total. The molecule has 0 spiro atoms. The Morgan fingerprint density at radius 2 is 2.37 bits per heavy atom. The first-order valence-electron chi connectivity index (χ1n) is 6.37. The van der Waals surface area contributed by atoms with Crippen LogP contribution in [0, 0.1) is 5.92 Å². The van der Waals surface area contributed by atoms with Crippen LogP contribution in [0.3, 0.4) is 0 Å². The number of hydrogen-bond donors (Lipinski definition) is 1. The molecule has 2 aromatic rings. The predicted molar refractivity (Wildman–Crippen MR) is 67.1 cm³/mol. The van der Waals surface area contributed by atoms with Crippen LogP contribution in [-0.4, -0.2) is 30.7 Å². The lowest BCUT2D eigenvalue weighted by atomic mass is 10.3. The van der Waals surface area contributed by atoms with Crippen LogP contribution in [0.25, 0.3) is 0 Å². The van der Waals surface area contributed by atoms with Gasteiger partial charge in [-0.05, 0) is 24.8 Å². The monoisotopic (exact) mass is 260 g/mol. The number of carbonyl (C=O) groups excluding carboxylic acids is 1. The van der Waals surface area contributed by atoms with Gasteiger partial charge in [-0.1, -0.05) is 5.21 Å². The number of nitrogens with one attached hydrogen (secondary N) is 1. The van der Waals surface area contributed by atoms with Crippen molar-refractivity contribution in [3.8, 4) is 0 Å². The van der Waals surface area contributed by atoms with E-state index in [1.807, 2.05) is 10.9 Å².